The standard InChI is InChI=1S/C15H20N4O2/c1-8-2-3-11-10(4-8)12(18-15(16)17-11)5-9-6-13(20)19-14(21)7-9/h8-9H,2-7H2,1H3,(H2,16,17,18)(H,19,20,21). The van der Waals surface area contributed by atoms with Crippen LogP contribution < -0.4 is 11.1 Å². The third-order valence-corrected chi connectivity index (χ3v) is 4.33. The lowest BCUT2D eigenvalue weighted by Gasteiger charge is -2.25. The lowest BCUT2D eigenvalue weighted by atomic mass is 9.83. The molecule has 0 saturated carbocycles. The normalized spacial score (nSPS) is 22.8. The Labute approximate surface area is 123 Å². The van der Waals surface area contributed by atoms with Gasteiger partial charge in [-0.15, -0.1) is 0 Å². The Balaban J connectivity index is 1.86. The predicted molar refractivity (Wildman–Crippen MR) is 77.2 cm³/mol. The fourth-order valence-electron chi connectivity index (χ4n) is 3.32. The molecule has 1 fully saturated rings. The highest BCUT2D eigenvalue weighted by molar-refractivity contribution is 5.97. The van der Waals surface area contributed by atoms with E-state index in [1.807, 2.05) is 0 Å². The first-order valence-electron chi connectivity index (χ1n) is 7.48. The number of nitrogen functional groups attached to an aromatic ring is 1. The van der Waals surface area contributed by atoms with Gasteiger partial charge in [-0.25, -0.2) is 9.97 Å². The number of amides is 2. The van der Waals surface area contributed by atoms with Crippen LogP contribution in [-0.2, 0) is 28.9 Å². The van der Waals surface area contributed by atoms with Gasteiger partial charge in [0.15, 0.2) is 0 Å². The van der Waals surface area contributed by atoms with Gasteiger partial charge in [0, 0.05) is 24.2 Å². The van der Waals surface area contributed by atoms with Crippen LogP contribution in [0.1, 0.15) is 43.1 Å². The van der Waals surface area contributed by atoms with Crippen molar-refractivity contribution in [2.24, 2.45) is 11.8 Å². The molecule has 0 aromatic carbocycles. The third-order valence-electron chi connectivity index (χ3n) is 4.33. The molecule has 1 atom stereocenters. The fourth-order valence-corrected chi connectivity index (χ4v) is 3.32. The van der Waals surface area contributed by atoms with Crippen LogP contribution in [0, 0.1) is 11.8 Å². The number of imide groups is 1. The van der Waals surface area contributed by atoms with Crippen LogP contribution in [0.5, 0.6) is 0 Å². The lowest BCUT2D eigenvalue weighted by molar-refractivity contribution is -0.134. The van der Waals surface area contributed by atoms with Crippen molar-refractivity contribution >= 4 is 17.8 Å². The average Bonchev–Trinajstić information content (AvgIpc) is 2.38. The molecule has 0 bridgehead atoms. The maximum absolute atomic E-state index is 11.5. The van der Waals surface area contributed by atoms with Crippen LogP contribution in [0.25, 0.3) is 0 Å². The maximum atomic E-state index is 11.5. The Morgan fingerprint density at radius 1 is 1.19 bits per heavy atom. The zero-order chi connectivity index (χ0) is 15.0. The molecule has 1 unspecified atom stereocenters. The number of nitrogens with zero attached hydrogens (tertiary/aromatic N) is 2. The van der Waals surface area contributed by atoms with Gasteiger partial charge in [-0.05, 0) is 43.1 Å². The fraction of sp³-hybridized carbons (Fsp3) is 0.600. The van der Waals surface area contributed by atoms with Crippen molar-refractivity contribution in [3.63, 3.8) is 0 Å². The van der Waals surface area contributed by atoms with Gasteiger partial charge in [0.2, 0.25) is 17.8 Å². The van der Waals surface area contributed by atoms with Gasteiger partial charge in [-0.1, -0.05) is 6.92 Å². The van der Waals surface area contributed by atoms with Crippen molar-refractivity contribution in [3.05, 3.63) is 17.0 Å². The van der Waals surface area contributed by atoms with E-state index in [0.29, 0.717) is 31.1 Å². The van der Waals surface area contributed by atoms with Crippen LogP contribution in [0.3, 0.4) is 0 Å². The van der Waals surface area contributed by atoms with Gasteiger partial charge < -0.3 is 5.73 Å². The number of nitrogens with one attached hydrogen (secondary N) is 1. The topological polar surface area (TPSA) is 98.0 Å². The summed E-state index contributed by atoms with van der Waals surface area (Å²) in [5.74, 6) is 0.535. The molecule has 0 radical (unpaired) electrons. The smallest absolute Gasteiger partial charge is 0.226 e. The SMILES string of the molecule is CC1CCc2nc(N)nc(CC3CC(=O)NC(=O)C3)c2C1. The summed E-state index contributed by atoms with van der Waals surface area (Å²) in [5, 5.41) is 2.34. The second-order valence-electron chi connectivity index (χ2n) is 6.25. The molecule has 0 spiro atoms. The van der Waals surface area contributed by atoms with Crippen molar-refractivity contribution in [2.75, 3.05) is 5.73 Å². The van der Waals surface area contributed by atoms with Crippen LogP contribution >= 0.6 is 0 Å². The molecule has 1 aromatic heterocycles. The highest BCUT2D eigenvalue weighted by atomic mass is 16.2. The number of aryl methyl sites for hydroxylation is 1. The lowest BCUT2D eigenvalue weighted by Crippen LogP contribution is -2.39. The first kappa shape index (κ1) is 14.0. The third kappa shape index (κ3) is 3.04. The van der Waals surface area contributed by atoms with Crippen LogP contribution in [0.2, 0.25) is 0 Å². The summed E-state index contributed by atoms with van der Waals surface area (Å²) >= 11 is 0. The average molecular weight is 288 g/mol. The molecule has 1 aromatic rings. The molecule has 1 aliphatic heterocycles. The monoisotopic (exact) mass is 288 g/mol. The number of hydrogen-bond donors (Lipinski definition) is 2. The molecule has 2 amide bonds. The quantitative estimate of drug-likeness (QED) is 0.784. The Bertz CT molecular complexity index is 584. The minimum absolute atomic E-state index is 0.0156. The van der Waals surface area contributed by atoms with E-state index in [1.165, 1.54) is 5.56 Å². The Kier molecular flexibility index (Phi) is 3.61. The van der Waals surface area contributed by atoms with Gasteiger partial charge >= 0.3 is 0 Å². The molecule has 2 heterocycles. The number of anilines is 1. The molecule has 3 N–H and O–H groups in total. The molecule has 3 rings (SSSR count). The zero-order valence-electron chi connectivity index (χ0n) is 12.2. The molecule has 1 saturated heterocycles. The van der Waals surface area contributed by atoms with E-state index in [1.54, 1.807) is 0 Å². The molecule has 6 heteroatoms. The van der Waals surface area contributed by atoms with Crippen molar-refractivity contribution < 1.29 is 9.59 Å². The molecule has 21 heavy (non-hydrogen) atoms. The van der Waals surface area contributed by atoms with Gasteiger partial charge in [-0.2, -0.15) is 0 Å². The summed E-state index contributed by atoms with van der Waals surface area (Å²) in [7, 11) is 0. The van der Waals surface area contributed by atoms with Crippen molar-refractivity contribution in [2.45, 2.75) is 45.4 Å². The second kappa shape index (κ2) is 5.42. The van der Waals surface area contributed by atoms with Gasteiger partial charge in [-0.3, -0.25) is 14.9 Å². The number of carbonyl (C=O) groups is 2. The van der Waals surface area contributed by atoms with E-state index in [4.69, 9.17) is 5.73 Å². The van der Waals surface area contributed by atoms with E-state index in [0.717, 1.165) is 30.7 Å². The minimum Gasteiger partial charge on any atom is -0.368 e. The molecular weight excluding hydrogens is 268 g/mol. The largest absolute Gasteiger partial charge is 0.368 e. The maximum Gasteiger partial charge on any atom is 0.226 e. The number of fused-ring (bicyclic) bond motifs is 1. The summed E-state index contributed by atoms with van der Waals surface area (Å²) in [4.78, 5) is 31.7. The van der Waals surface area contributed by atoms with Crippen molar-refractivity contribution in [1.82, 2.24) is 15.3 Å². The zero-order valence-corrected chi connectivity index (χ0v) is 12.2. The number of piperidine rings is 1. The van der Waals surface area contributed by atoms with E-state index >= 15 is 0 Å². The summed E-state index contributed by atoms with van der Waals surface area (Å²) in [5.41, 5.74) is 8.96. The van der Waals surface area contributed by atoms with Gasteiger partial charge in [0.1, 0.15) is 0 Å². The van der Waals surface area contributed by atoms with E-state index < -0.39 is 0 Å². The van der Waals surface area contributed by atoms with E-state index in [2.05, 4.69) is 22.2 Å². The number of carbonyl (C=O) groups excluding carboxylic acids is 2. The number of aromatic nitrogens is 2. The molecule has 112 valence electrons. The predicted octanol–water partition coefficient (Wildman–Crippen LogP) is 0.779. The summed E-state index contributed by atoms with van der Waals surface area (Å²) in [6.45, 7) is 2.22. The highest BCUT2D eigenvalue weighted by Gasteiger charge is 2.28. The molecule has 2 aliphatic rings. The first-order valence-corrected chi connectivity index (χ1v) is 7.48. The minimum atomic E-state index is -0.194. The Morgan fingerprint density at radius 2 is 1.90 bits per heavy atom. The van der Waals surface area contributed by atoms with Crippen molar-refractivity contribution in [1.29, 1.82) is 0 Å². The summed E-state index contributed by atoms with van der Waals surface area (Å²) in [6, 6.07) is 0. The molecular formula is C15H20N4O2. The number of hydrogen-bond acceptors (Lipinski definition) is 5. The van der Waals surface area contributed by atoms with E-state index in [-0.39, 0.29) is 17.7 Å². The van der Waals surface area contributed by atoms with Crippen LogP contribution in [-0.4, -0.2) is 21.8 Å². The Hall–Kier alpha value is -1.98. The molecule has 6 nitrogen and oxygen atoms in total. The Morgan fingerprint density at radius 3 is 2.62 bits per heavy atom. The summed E-state index contributed by atoms with van der Waals surface area (Å²) < 4.78 is 0. The number of rotatable bonds is 2. The van der Waals surface area contributed by atoms with Crippen LogP contribution in [0.15, 0.2) is 0 Å². The second-order valence-corrected chi connectivity index (χ2v) is 6.25. The molecule has 1 aliphatic carbocycles. The summed E-state index contributed by atoms with van der Waals surface area (Å²) in [6.07, 6.45) is 4.38. The van der Waals surface area contributed by atoms with Crippen LogP contribution in [0.4, 0.5) is 5.95 Å². The van der Waals surface area contributed by atoms with Gasteiger partial charge in [0.25, 0.3) is 0 Å². The van der Waals surface area contributed by atoms with Crippen molar-refractivity contribution in [3.8, 4) is 0 Å². The highest BCUT2D eigenvalue weighted by Crippen LogP contribution is 2.29. The number of nitrogens with two attached hydrogens (primary N) is 1. The van der Waals surface area contributed by atoms with E-state index in [9.17, 15) is 9.59 Å². The first-order chi connectivity index (χ1) is 10.0. The van der Waals surface area contributed by atoms with Gasteiger partial charge in [0.05, 0.1) is 0 Å².